The van der Waals surface area contributed by atoms with Crippen LogP contribution in [0, 0.1) is 0 Å². The van der Waals surface area contributed by atoms with E-state index < -0.39 is 0 Å². The number of amides is 1. The number of alkyl halides is 1. The highest BCUT2D eigenvalue weighted by atomic mass is 35.5. The fourth-order valence-electron chi connectivity index (χ4n) is 1.39. The zero-order chi connectivity index (χ0) is 11.3. The molecule has 0 aliphatic rings. The van der Waals surface area contributed by atoms with Gasteiger partial charge in [0.15, 0.2) is 0 Å². The summed E-state index contributed by atoms with van der Waals surface area (Å²) in [4.78, 5) is 11.8. The minimum atomic E-state index is -0.0411. The lowest BCUT2D eigenvalue weighted by molar-refractivity contribution is 0.0942. The van der Waals surface area contributed by atoms with Crippen LogP contribution < -0.4 is 5.32 Å². The Morgan fingerprint density at radius 1 is 1.47 bits per heavy atom. The standard InChI is InChI=1S/C12H16ClNO/c1-3-10-6-4-5-7-11(10)12(15)14-9(2)8-13/h4-7,9H,3,8H2,1-2H3,(H,14,15). The van der Waals surface area contributed by atoms with E-state index in [4.69, 9.17) is 11.6 Å². The summed E-state index contributed by atoms with van der Waals surface area (Å²) in [6.07, 6.45) is 0.860. The number of hydrogen-bond acceptors (Lipinski definition) is 1. The Hall–Kier alpha value is -1.02. The fraction of sp³-hybridized carbons (Fsp3) is 0.417. The van der Waals surface area contributed by atoms with E-state index in [1.807, 2.05) is 38.1 Å². The zero-order valence-corrected chi connectivity index (χ0v) is 9.84. The van der Waals surface area contributed by atoms with Crippen LogP contribution in [-0.4, -0.2) is 17.8 Å². The number of rotatable bonds is 4. The van der Waals surface area contributed by atoms with Crippen molar-refractivity contribution in [2.24, 2.45) is 0 Å². The summed E-state index contributed by atoms with van der Waals surface area (Å²) in [6, 6.07) is 7.64. The molecule has 0 aliphatic heterocycles. The largest absolute Gasteiger partial charge is 0.348 e. The second-order valence-electron chi connectivity index (χ2n) is 3.54. The first-order chi connectivity index (χ1) is 7.19. The van der Waals surface area contributed by atoms with Gasteiger partial charge >= 0.3 is 0 Å². The van der Waals surface area contributed by atoms with Crippen LogP contribution >= 0.6 is 11.6 Å². The van der Waals surface area contributed by atoms with Crippen LogP contribution in [0.25, 0.3) is 0 Å². The number of halogens is 1. The summed E-state index contributed by atoms with van der Waals surface area (Å²) in [5.41, 5.74) is 1.81. The number of nitrogens with one attached hydrogen (secondary N) is 1. The van der Waals surface area contributed by atoms with Crippen LogP contribution in [0.1, 0.15) is 29.8 Å². The van der Waals surface area contributed by atoms with E-state index in [1.165, 1.54) is 0 Å². The van der Waals surface area contributed by atoms with Gasteiger partial charge in [-0.1, -0.05) is 25.1 Å². The Labute approximate surface area is 95.6 Å². The molecular formula is C12H16ClNO. The smallest absolute Gasteiger partial charge is 0.251 e. The number of carbonyl (C=O) groups excluding carboxylic acids is 1. The van der Waals surface area contributed by atoms with Crippen molar-refractivity contribution in [2.75, 3.05) is 5.88 Å². The Morgan fingerprint density at radius 2 is 2.13 bits per heavy atom. The summed E-state index contributed by atoms with van der Waals surface area (Å²) in [5, 5.41) is 2.85. The third-order valence-electron chi connectivity index (χ3n) is 2.25. The van der Waals surface area contributed by atoms with E-state index >= 15 is 0 Å². The molecule has 1 aromatic carbocycles. The van der Waals surface area contributed by atoms with Crippen molar-refractivity contribution in [3.05, 3.63) is 35.4 Å². The molecule has 1 aromatic rings. The third kappa shape index (κ3) is 3.24. The Bertz CT molecular complexity index is 338. The van der Waals surface area contributed by atoms with Crippen LogP contribution in [0.5, 0.6) is 0 Å². The number of benzene rings is 1. The van der Waals surface area contributed by atoms with Crippen molar-refractivity contribution >= 4 is 17.5 Å². The van der Waals surface area contributed by atoms with Crippen LogP contribution in [0.15, 0.2) is 24.3 Å². The average molecular weight is 226 g/mol. The lowest BCUT2D eigenvalue weighted by Gasteiger charge is -2.12. The van der Waals surface area contributed by atoms with Crippen molar-refractivity contribution in [3.8, 4) is 0 Å². The van der Waals surface area contributed by atoms with Gasteiger partial charge in [-0.05, 0) is 25.0 Å². The topological polar surface area (TPSA) is 29.1 Å². The van der Waals surface area contributed by atoms with Gasteiger partial charge in [-0.25, -0.2) is 0 Å². The summed E-state index contributed by atoms with van der Waals surface area (Å²) in [5.74, 6) is 0.389. The second-order valence-corrected chi connectivity index (χ2v) is 3.85. The number of hydrogen-bond donors (Lipinski definition) is 1. The molecule has 0 fully saturated rings. The van der Waals surface area contributed by atoms with E-state index in [0.29, 0.717) is 5.88 Å². The molecule has 0 saturated heterocycles. The van der Waals surface area contributed by atoms with Gasteiger partial charge in [-0.3, -0.25) is 4.79 Å². The maximum Gasteiger partial charge on any atom is 0.251 e. The van der Waals surface area contributed by atoms with E-state index in [-0.39, 0.29) is 11.9 Å². The van der Waals surface area contributed by atoms with Gasteiger partial charge in [-0.2, -0.15) is 0 Å². The van der Waals surface area contributed by atoms with E-state index in [1.54, 1.807) is 0 Å². The molecule has 1 unspecified atom stereocenters. The molecule has 0 saturated carbocycles. The fourth-order valence-corrected chi connectivity index (χ4v) is 1.47. The third-order valence-corrected chi connectivity index (χ3v) is 2.71. The van der Waals surface area contributed by atoms with Crippen LogP contribution in [0.2, 0.25) is 0 Å². The second kappa shape index (κ2) is 5.76. The monoisotopic (exact) mass is 225 g/mol. The molecule has 1 atom stereocenters. The normalized spacial score (nSPS) is 12.2. The Kier molecular flexibility index (Phi) is 4.63. The predicted molar refractivity (Wildman–Crippen MR) is 63.5 cm³/mol. The molecule has 82 valence electrons. The SMILES string of the molecule is CCc1ccccc1C(=O)NC(C)CCl. The first-order valence-electron chi connectivity index (χ1n) is 5.13. The van der Waals surface area contributed by atoms with Crippen molar-refractivity contribution in [1.82, 2.24) is 5.32 Å². The average Bonchev–Trinajstić information content (AvgIpc) is 2.28. The maximum atomic E-state index is 11.8. The number of carbonyl (C=O) groups is 1. The first-order valence-corrected chi connectivity index (χ1v) is 5.67. The molecule has 1 amide bonds. The molecule has 1 rings (SSSR count). The van der Waals surface area contributed by atoms with Crippen molar-refractivity contribution in [1.29, 1.82) is 0 Å². The van der Waals surface area contributed by atoms with E-state index in [0.717, 1.165) is 17.5 Å². The molecule has 0 spiro atoms. The summed E-state index contributed by atoms with van der Waals surface area (Å²) in [6.45, 7) is 3.93. The molecular weight excluding hydrogens is 210 g/mol. The van der Waals surface area contributed by atoms with Crippen LogP contribution in [0.4, 0.5) is 0 Å². The van der Waals surface area contributed by atoms with Gasteiger partial charge in [0, 0.05) is 17.5 Å². The molecule has 0 bridgehead atoms. The lowest BCUT2D eigenvalue weighted by atomic mass is 10.0. The Morgan fingerprint density at radius 3 is 2.73 bits per heavy atom. The van der Waals surface area contributed by atoms with Gasteiger partial charge < -0.3 is 5.32 Å². The quantitative estimate of drug-likeness (QED) is 0.785. The first kappa shape index (κ1) is 12.1. The van der Waals surface area contributed by atoms with Gasteiger partial charge in [0.2, 0.25) is 0 Å². The van der Waals surface area contributed by atoms with Gasteiger partial charge in [0.25, 0.3) is 5.91 Å². The minimum Gasteiger partial charge on any atom is -0.348 e. The van der Waals surface area contributed by atoms with Gasteiger partial charge in [0.05, 0.1) is 0 Å². The van der Waals surface area contributed by atoms with Crippen molar-refractivity contribution in [3.63, 3.8) is 0 Å². The predicted octanol–water partition coefficient (Wildman–Crippen LogP) is 2.61. The zero-order valence-electron chi connectivity index (χ0n) is 9.09. The molecule has 0 aliphatic carbocycles. The molecule has 0 aromatic heterocycles. The van der Waals surface area contributed by atoms with Crippen LogP contribution in [-0.2, 0) is 6.42 Å². The summed E-state index contributed by atoms with van der Waals surface area (Å²) < 4.78 is 0. The highest BCUT2D eigenvalue weighted by molar-refractivity contribution is 6.18. The molecule has 3 heteroatoms. The molecule has 1 N–H and O–H groups in total. The van der Waals surface area contributed by atoms with Crippen molar-refractivity contribution in [2.45, 2.75) is 26.3 Å². The van der Waals surface area contributed by atoms with Gasteiger partial charge in [-0.15, -0.1) is 11.6 Å². The van der Waals surface area contributed by atoms with Gasteiger partial charge in [0.1, 0.15) is 0 Å². The molecule has 15 heavy (non-hydrogen) atoms. The Balaban J connectivity index is 2.81. The van der Waals surface area contributed by atoms with Crippen molar-refractivity contribution < 1.29 is 4.79 Å². The van der Waals surface area contributed by atoms with E-state index in [9.17, 15) is 4.79 Å². The molecule has 2 nitrogen and oxygen atoms in total. The van der Waals surface area contributed by atoms with E-state index in [2.05, 4.69) is 5.32 Å². The number of aryl methyl sites for hydroxylation is 1. The molecule has 0 heterocycles. The summed E-state index contributed by atoms with van der Waals surface area (Å²) >= 11 is 5.64. The molecule has 0 radical (unpaired) electrons. The summed E-state index contributed by atoms with van der Waals surface area (Å²) in [7, 11) is 0. The highest BCUT2D eigenvalue weighted by Crippen LogP contribution is 2.09. The minimum absolute atomic E-state index is 0.00378. The lowest BCUT2D eigenvalue weighted by Crippen LogP contribution is -2.34. The van der Waals surface area contributed by atoms with Crippen LogP contribution in [0.3, 0.4) is 0 Å². The highest BCUT2D eigenvalue weighted by Gasteiger charge is 2.11. The maximum absolute atomic E-state index is 11.8.